The average Bonchev–Trinajstić information content (AvgIpc) is 3.13. The molecule has 0 aliphatic rings. The predicted octanol–water partition coefficient (Wildman–Crippen LogP) is 12.4. The lowest BCUT2D eigenvalue weighted by molar-refractivity contribution is -0.143. The van der Waals surface area contributed by atoms with Crippen LogP contribution in [0.3, 0.4) is 0 Å². The summed E-state index contributed by atoms with van der Waals surface area (Å²) in [4.78, 5) is 24.3. The highest BCUT2D eigenvalue weighted by Crippen LogP contribution is 2.15. The van der Waals surface area contributed by atoms with Gasteiger partial charge in [-0.1, -0.05) is 179 Å². The standard InChI is InChI=1S/C45H85NO5/c1-3-5-7-9-11-13-14-15-16-17-18-23-27-31-35-39-45(50)51-40-36-32-28-24-20-19-22-26-30-34-38-44(49)46-42(41-47)43(48)37-33-29-25-21-12-10-8-6-4-2/h11,13,15-16,42-43,47-48H,3-10,12,14,17-41H2,1-2H3,(H,46,49)/b13-11-,16-15-. The van der Waals surface area contributed by atoms with Gasteiger partial charge < -0.3 is 20.3 Å². The van der Waals surface area contributed by atoms with Crippen LogP contribution in [0.25, 0.3) is 0 Å². The number of carbonyl (C=O) groups excluding carboxylic acids is 2. The summed E-state index contributed by atoms with van der Waals surface area (Å²) in [5.74, 6) is -0.0966. The molecule has 6 nitrogen and oxygen atoms in total. The highest BCUT2D eigenvalue weighted by molar-refractivity contribution is 5.76. The molecule has 300 valence electrons. The molecular weight excluding hydrogens is 634 g/mol. The number of aliphatic hydroxyl groups is 2. The highest BCUT2D eigenvalue weighted by Gasteiger charge is 2.20. The van der Waals surface area contributed by atoms with Crippen molar-refractivity contribution in [3.8, 4) is 0 Å². The first kappa shape index (κ1) is 49.3. The molecule has 0 spiro atoms. The zero-order valence-corrected chi connectivity index (χ0v) is 33.8. The fourth-order valence-electron chi connectivity index (χ4n) is 6.55. The molecule has 0 aliphatic heterocycles. The van der Waals surface area contributed by atoms with Crippen LogP contribution in [0.5, 0.6) is 0 Å². The zero-order chi connectivity index (χ0) is 37.3. The Labute approximate surface area is 316 Å². The van der Waals surface area contributed by atoms with Crippen LogP contribution in [0.2, 0.25) is 0 Å². The molecule has 3 N–H and O–H groups in total. The van der Waals surface area contributed by atoms with E-state index in [0.29, 0.717) is 25.9 Å². The highest BCUT2D eigenvalue weighted by atomic mass is 16.5. The number of nitrogens with one attached hydrogen (secondary N) is 1. The molecule has 6 heteroatoms. The molecule has 0 aliphatic carbocycles. The minimum absolute atomic E-state index is 0.0340. The van der Waals surface area contributed by atoms with Gasteiger partial charge in [0, 0.05) is 12.8 Å². The van der Waals surface area contributed by atoms with Crippen LogP contribution in [-0.2, 0) is 14.3 Å². The molecule has 0 aromatic heterocycles. The third kappa shape index (κ3) is 37.9. The monoisotopic (exact) mass is 720 g/mol. The largest absolute Gasteiger partial charge is 0.466 e. The fourth-order valence-corrected chi connectivity index (χ4v) is 6.55. The number of unbranched alkanes of at least 4 members (excludes halogenated alkanes) is 25. The van der Waals surface area contributed by atoms with Gasteiger partial charge in [-0.25, -0.2) is 0 Å². The summed E-state index contributed by atoms with van der Waals surface area (Å²) in [7, 11) is 0. The van der Waals surface area contributed by atoms with Gasteiger partial charge in [-0.15, -0.1) is 0 Å². The second-order valence-electron chi connectivity index (χ2n) is 15.0. The Kier molecular flexibility index (Phi) is 39.8. The van der Waals surface area contributed by atoms with Gasteiger partial charge in [0.05, 0.1) is 25.4 Å². The summed E-state index contributed by atoms with van der Waals surface area (Å²) in [6.07, 6.45) is 45.6. The molecule has 0 bridgehead atoms. The maximum atomic E-state index is 12.3. The molecule has 0 saturated heterocycles. The summed E-state index contributed by atoms with van der Waals surface area (Å²) in [6.45, 7) is 4.83. The van der Waals surface area contributed by atoms with E-state index >= 15 is 0 Å². The van der Waals surface area contributed by atoms with Crippen molar-refractivity contribution in [1.29, 1.82) is 0 Å². The summed E-state index contributed by atoms with van der Waals surface area (Å²) < 4.78 is 5.43. The molecular formula is C45H85NO5. The third-order valence-corrected chi connectivity index (χ3v) is 10.0. The van der Waals surface area contributed by atoms with Crippen molar-refractivity contribution >= 4 is 11.9 Å². The minimum Gasteiger partial charge on any atom is -0.466 e. The van der Waals surface area contributed by atoms with Gasteiger partial charge in [0.1, 0.15) is 0 Å². The van der Waals surface area contributed by atoms with Crippen molar-refractivity contribution < 1.29 is 24.5 Å². The van der Waals surface area contributed by atoms with E-state index in [4.69, 9.17) is 4.74 Å². The first-order chi connectivity index (χ1) is 25.0. The summed E-state index contributed by atoms with van der Waals surface area (Å²) in [5, 5.41) is 23.0. The van der Waals surface area contributed by atoms with Gasteiger partial charge in [-0.3, -0.25) is 9.59 Å². The fraction of sp³-hybridized carbons (Fsp3) is 0.867. The second-order valence-corrected chi connectivity index (χ2v) is 15.0. The van der Waals surface area contributed by atoms with E-state index < -0.39 is 12.1 Å². The number of allylic oxidation sites excluding steroid dienone is 4. The van der Waals surface area contributed by atoms with E-state index in [-0.39, 0.29) is 18.5 Å². The van der Waals surface area contributed by atoms with E-state index in [2.05, 4.69) is 43.5 Å². The van der Waals surface area contributed by atoms with Crippen LogP contribution in [0.15, 0.2) is 24.3 Å². The van der Waals surface area contributed by atoms with Crippen LogP contribution in [0.4, 0.5) is 0 Å². The molecule has 0 aromatic carbocycles. The molecule has 0 aromatic rings. The molecule has 2 atom stereocenters. The van der Waals surface area contributed by atoms with E-state index in [1.807, 2.05) is 0 Å². The SMILES string of the molecule is CCCCC/C=C\C/C=C\CCCCCCCC(=O)OCCCCCCCCCCCCC(=O)NC(CO)C(O)CCCCCCCCCCC. The first-order valence-corrected chi connectivity index (χ1v) is 22.1. The lowest BCUT2D eigenvalue weighted by atomic mass is 10.0. The predicted molar refractivity (Wildman–Crippen MR) is 218 cm³/mol. The molecule has 0 saturated carbocycles. The van der Waals surface area contributed by atoms with Gasteiger partial charge in [-0.05, 0) is 57.8 Å². The quantitative estimate of drug-likeness (QED) is 0.0333. The number of amides is 1. The van der Waals surface area contributed by atoms with Gasteiger partial charge in [0.25, 0.3) is 0 Å². The van der Waals surface area contributed by atoms with E-state index in [1.165, 1.54) is 122 Å². The Morgan fingerprint density at radius 3 is 1.53 bits per heavy atom. The van der Waals surface area contributed by atoms with Crippen molar-refractivity contribution in [1.82, 2.24) is 5.32 Å². The smallest absolute Gasteiger partial charge is 0.305 e. The van der Waals surface area contributed by atoms with Crippen molar-refractivity contribution in [2.75, 3.05) is 13.2 Å². The zero-order valence-electron chi connectivity index (χ0n) is 33.8. The van der Waals surface area contributed by atoms with Gasteiger partial charge >= 0.3 is 5.97 Å². The number of esters is 1. The Morgan fingerprint density at radius 2 is 0.980 bits per heavy atom. The maximum Gasteiger partial charge on any atom is 0.305 e. The van der Waals surface area contributed by atoms with Crippen molar-refractivity contribution in [2.24, 2.45) is 0 Å². The minimum atomic E-state index is -0.677. The van der Waals surface area contributed by atoms with E-state index in [1.54, 1.807) is 0 Å². The van der Waals surface area contributed by atoms with Crippen molar-refractivity contribution in [3.05, 3.63) is 24.3 Å². The Balaban J connectivity index is 3.49. The summed E-state index contributed by atoms with van der Waals surface area (Å²) in [5.41, 5.74) is 0. The maximum absolute atomic E-state index is 12.3. The lowest BCUT2D eigenvalue weighted by Gasteiger charge is -2.22. The van der Waals surface area contributed by atoms with Crippen molar-refractivity contribution in [3.63, 3.8) is 0 Å². The molecule has 1 amide bonds. The molecule has 0 rings (SSSR count). The van der Waals surface area contributed by atoms with Gasteiger partial charge in [0.15, 0.2) is 0 Å². The van der Waals surface area contributed by atoms with Crippen LogP contribution in [-0.4, -0.2) is 47.4 Å². The van der Waals surface area contributed by atoms with Crippen LogP contribution in [0.1, 0.15) is 226 Å². The van der Waals surface area contributed by atoms with Crippen LogP contribution in [0, 0.1) is 0 Å². The number of hydrogen-bond donors (Lipinski definition) is 3. The number of rotatable bonds is 40. The molecule has 0 fully saturated rings. The van der Waals surface area contributed by atoms with Gasteiger partial charge in [0.2, 0.25) is 5.91 Å². The average molecular weight is 720 g/mol. The first-order valence-electron chi connectivity index (χ1n) is 22.1. The summed E-state index contributed by atoms with van der Waals surface area (Å²) >= 11 is 0. The summed E-state index contributed by atoms with van der Waals surface area (Å²) in [6, 6.07) is -0.556. The number of carbonyl (C=O) groups is 2. The van der Waals surface area contributed by atoms with Crippen LogP contribution < -0.4 is 5.32 Å². The Morgan fingerprint density at radius 1 is 0.549 bits per heavy atom. The molecule has 2 unspecified atom stereocenters. The van der Waals surface area contributed by atoms with Crippen LogP contribution >= 0.6 is 0 Å². The number of aliphatic hydroxyl groups excluding tert-OH is 2. The second kappa shape index (κ2) is 41.1. The van der Waals surface area contributed by atoms with E-state index in [0.717, 1.165) is 70.6 Å². The topological polar surface area (TPSA) is 95.9 Å². The number of hydrogen-bond acceptors (Lipinski definition) is 5. The molecule has 0 radical (unpaired) electrons. The Bertz CT molecular complexity index is 797. The third-order valence-electron chi connectivity index (χ3n) is 10.0. The molecule has 0 heterocycles. The van der Waals surface area contributed by atoms with Crippen molar-refractivity contribution in [2.45, 2.75) is 238 Å². The lowest BCUT2D eigenvalue weighted by Crippen LogP contribution is -2.45. The molecule has 51 heavy (non-hydrogen) atoms. The normalized spacial score (nSPS) is 12.9. The van der Waals surface area contributed by atoms with E-state index in [9.17, 15) is 19.8 Å². The van der Waals surface area contributed by atoms with Gasteiger partial charge in [-0.2, -0.15) is 0 Å². The number of ether oxygens (including phenoxy) is 1. The Hall–Kier alpha value is -1.66.